The fraction of sp³-hybridized carbons (Fsp3) is 0.241. The molecule has 5 rings (SSSR count). The Morgan fingerprint density at radius 2 is 1.61 bits per heavy atom. The monoisotopic (exact) mass is 544 g/mol. The first kappa shape index (κ1) is 24.1. The number of halogens is 1. The van der Waals surface area contributed by atoms with Crippen molar-refractivity contribution in [2.24, 2.45) is 0 Å². The van der Waals surface area contributed by atoms with Gasteiger partial charge in [-0.1, -0.05) is 46.3 Å². The second-order valence-corrected chi connectivity index (χ2v) is 9.88. The molecule has 0 aliphatic carbocycles. The molecule has 1 saturated heterocycles. The number of pyridine rings is 1. The van der Waals surface area contributed by atoms with Gasteiger partial charge in [0.2, 0.25) is 0 Å². The maximum absolute atomic E-state index is 13.4. The minimum atomic E-state index is -0.117. The Labute approximate surface area is 220 Å². The van der Waals surface area contributed by atoms with Gasteiger partial charge in [0.05, 0.1) is 24.2 Å². The summed E-state index contributed by atoms with van der Waals surface area (Å²) < 4.78 is 6.30. The minimum Gasteiger partial charge on any atom is -0.497 e. The molecule has 1 aromatic heterocycles. The number of para-hydroxylation sites is 1. The summed E-state index contributed by atoms with van der Waals surface area (Å²) in [6.07, 6.45) is 0. The summed E-state index contributed by atoms with van der Waals surface area (Å²) in [7, 11) is 1.68. The number of rotatable bonds is 6. The van der Waals surface area contributed by atoms with Gasteiger partial charge >= 0.3 is 0 Å². The Morgan fingerprint density at radius 3 is 2.31 bits per heavy atom. The molecule has 184 valence electrons. The molecule has 1 atom stereocenters. The second kappa shape index (κ2) is 10.6. The molecule has 0 unspecified atom stereocenters. The van der Waals surface area contributed by atoms with E-state index in [2.05, 4.69) is 43.2 Å². The number of ether oxygens (including phenoxy) is 1. The van der Waals surface area contributed by atoms with Crippen LogP contribution < -0.4 is 19.9 Å². The van der Waals surface area contributed by atoms with Crippen molar-refractivity contribution >= 4 is 44.2 Å². The molecule has 1 fully saturated rings. The van der Waals surface area contributed by atoms with Crippen LogP contribution in [0.25, 0.3) is 10.9 Å². The van der Waals surface area contributed by atoms with Crippen molar-refractivity contribution in [3.8, 4) is 5.75 Å². The van der Waals surface area contributed by atoms with Crippen LogP contribution in [-0.4, -0.2) is 44.2 Å². The van der Waals surface area contributed by atoms with Gasteiger partial charge in [-0.2, -0.15) is 0 Å². The molecule has 2 heterocycles. The normalized spacial score (nSPS) is 14.5. The Morgan fingerprint density at radius 1 is 0.944 bits per heavy atom. The summed E-state index contributed by atoms with van der Waals surface area (Å²) in [4.78, 5) is 23.0. The fourth-order valence-corrected chi connectivity index (χ4v) is 4.87. The van der Waals surface area contributed by atoms with Crippen LogP contribution in [0.3, 0.4) is 0 Å². The molecular formula is C29H29BrN4O2. The number of benzene rings is 3. The third-order valence-electron chi connectivity index (χ3n) is 6.71. The molecule has 1 N–H and O–H groups in total. The Balaban J connectivity index is 1.35. The molecule has 0 spiro atoms. The molecule has 3 aromatic carbocycles. The van der Waals surface area contributed by atoms with Gasteiger partial charge in [0.25, 0.3) is 5.91 Å². The van der Waals surface area contributed by atoms with E-state index < -0.39 is 0 Å². The smallest absolute Gasteiger partial charge is 0.252 e. The van der Waals surface area contributed by atoms with Crippen molar-refractivity contribution in [2.75, 3.05) is 43.1 Å². The van der Waals surface area contributed by atoms with Gasteiger partial charge in [0, 0.05) is 41.7 Å². The van der Waals surface area contributed by atoms with Crippen molar-refractivity contribution in [2.45, 2.75) is 13.0 Å². The summed E-state index contributed by atoms with van der Waals surface area (Å²) in [6.45, 7) is 5.41. The van der Waals surface area contributed by atoms with Gasteiger partial charge in [-0.3, -0.25) is 4.79 Å². The standard InChI is InChI=1S/C29H29BrN4O2/c1-20(21-7-9-22(30)10-8-21)31-29(35)26-19-28(32-27-6-4-3-5-25(26)27)34-17-15-33(16-18-34)23-11-13-24(36-2)14-12-23/h3-14,19-20H,15-18H2,1-2H3,(H,31,35)/t20-/m0/s1. The third kappa shape index (κ3) is 5.16. The van der Waals surface area contributed by atoms with E-state index in [0.717, 1.165) is 58.7 Å². The van der Waals surface area contributed by atoms with E-state index in [1.54, 1.807) is 7.11 Å². The number of fused-ring (bicyclic) bond motifs is 1. The maximum Gasteiger partial charge on any atom is 0.252 e. The zero-order chi connectivity index (χ0) is 25.1. The van der Waals surface area contributed by atoms with E-state index in [1.807, 2.05) is 73.7 Å². The molecule has 6 nitrogen and oxygen atoms in total. The van der Waals surface area contributed by atoms with Gasteiger partial charge in [-0.25, -0.2) is 4.98 Å². The molecule has 1 amide bonds. The van der Waals surface area contributed by atoms with Crippen LogP contribution in [-0.2, 0) is 0 Å². The topological polar surface area (TPSA) is 57.7 Å². The highest BCUT2D eigenvalue weighted by molar-refractivity contribution is 9.10. The molecule has 4 aromatic rings. The molecule has 0 saturated carbocycles. The summed E-state index contributed by atoms with van der Waals surface area (Å²) in [6, 6.07) is 25.9. The van der Waals surface area contributed by atoms with Gasteiger partial charge < -0.3 is 19.9 Å². The lowest BCUT2D eigenvalue weighted by molar-refractivity contribution is 0.0941. The average molecular weight is 545 g/mol. The minimum absolute atomic E-state index is 0.0952. The first-order valence-electron chi connectivity index (χ1n) is 12.1. The van der Waals surface area contributed by atoms with Crippen molar-refractivity contribution in [1.29, 1.82) is 0 Å². The van der Waals surface area contributed by atoms with Crippen molar-refractivity contribution in [1.82, 2.24) is 10.3 Å². The van der Waals surface area contributed by atoms with Crippen molar-refractivity contribution in [3.05, 3.63) is 94.5 Å². The van der Waals surface area contributed by atoms with Crippen LogP contribution in [0.4, 0.5) is 11.5 Å². The lowest BCUT2D eigenvalue weighted by atomic mass is 10.1. The highest BCUT2D eigenvalue weighted by Crippen LogP contribution is 2.27. The number of aromatic nitrogens is 1. The third-order valence-corrected chi connectivity index (χ3v) is 7.23. The quantitative estimate of drug-likeness (QED) is 0.331. The van der Waals surface area contributed by atoms with Crippen molar-refractivity contribution in [3.63, 3.8) is 0 Å². The predicted molar refractivity (Wildman–Crippen MR) is 149 cm³/mol. The zero-order valence-corrected chi connectivity index (χ0v) is 22.0. The Hall–Kier alpha value is -3.58. The van der Waals surface area contributed by atoms with Crippen LogP contribution in [0, 0.1) is 0 Å². The number of amides is 1. The Kier molecular flexibility index (Phi) is 7.09. The number of piperazine rings is 1. The number of carbonyl (C=O) groups excluding carboxylic acids is 1. The highest BCUT2D eigenvalue weighted by Gasteiger charge is 2.22. The first-order chi connectivity index (χ1) is 17.5. The summed E-state index contributed by atoms with van der Waals surface area (Å²) in [5, 5.41) is 4.03. The largest absolute Gasteiger partial charge is 0.497 e. The molecule has 1 aliphatic rings. The van der Waals surface area contributed by atoms with Crippen LogP contribution >= 0.6 is 15.9 Å². The summed E-state index contributed by atoms with van der Waals surface area (Å²) in [5.74, 6) is 1.60. The van der Waals surface area contributed by atoms with Gasteiger partial charge in [-0.05, 0) is 61.0 Å². The van der Waals surface area contributed by atoms with Crippen LogP contribution in [0.15, 0.2) is 83.3 Å². The number of carbonyl (C=O) groups is 1. The zero-order valence-electron chi connectivity index (χ0n) is 20.4. The van der Waals surface area contributed by atoms with Gasteiger partial charge in [0.15, 0.2) is 0 Å². The van der Waals surface area contributed by atoms with Gasteiger partial charge in [-0.15, -0.1) is 0 Å². The lowest BCUT2D eigenvalue weighted by Crippen LogP contribution is -2.47. The molecule has 1 aliphatic heterocycles. The van der Waals surface area contributed by atoms with Gasteiger partial charge in [0.1, 0.15) is 11.6 Å². The number of methoxy groups -OCH3 is 1. The number of hydrogen-bond acceptors (Lipinski definition) is 5. The van der Waals surface area contributed by atoms with E-state index in [1.165, 1.54) is 5.69 Å². The van der Waals surface area contributed by atoms with E-state index in [0.29, 0.717) is 5.56 Å². The molecular weight excluding hydrogens is 516 g/mol. The first-order valence-corrected chi connectivity index (χ1v) is 12.9. The maximum atomic E-state index is 13.4. The summed E-state index contributed by atoms with van der Waals surface area (Å²) >= 11 is 3.47. The fourth-order valence-electron chi connectivity index (χ4n) is 4.61. The predicted octanol–water partition coefficient (Wildman–Crippen LogP) is 5.82. The summed E-state index contributed by atoms with van der Waals surface area (Å²) in [5.41, 5.74) is 3.72. The number of anilines is 2. The highest BCUT2D eigenvalue weighted by atomic mass is 79.9. The SMILES string of the molecule is COc1ccc(N2CCN(c3cc(C(=O)N[C@@H](C)c4ccc(Br)cc4)c4ccccc4n3)CC2)cc1. The van der Waals surface area contributed by atoms with Crippen LogP contribution in [0.1, 0.15) is 28.9 Å². The Bertz CT molecular complexity index is 1350. The number of hydrogen-bond donors (Lipinski definition) is 1. The molecule has 7 heteroatoms. The van der Waals surface area contributed by atoms with E-state index in [-0.39, 0.29) is 11.9 Å². The molecule has 0 radical (unpaired) electrons. The van der Waals surface area contributed by atoms with Crippen molar-refractivity contribution < 1.29 is 9.53 Å². The van der Waals surface area contributed by atoms with E-state index >= 15 is 0 Å². The average Bonchev–Trinajstić information content (AvgIpc) is 2.93. The molecule has 0 bridgehead atoms. The molecule has 36 heavy (non-hydrogen) atoms. The second-order valence-electron chi connectivity index (χ2n) is 8.96. The number of nitrogens with one attached hydrogen (secondary N) is 1. The van der Waals surface area contributed by atoms with Crippen LogP contribution in [0.5, 0.6) is 5.75 Å². The van der Waals surface area contributed by atoms with E-state index in [4.69, 9.17) is 9.72 Å². The van der Waals surface area contributed by atoms with Crippen LogP contribution in [0.2, 0.25) is 0 Å². The number of nitrogens with zero attached hydrogens (tertiary/aromatic N) is 3. The lowest BCUT2D eigenvalue weighted by Gasteiger charge is -2.37. The van der Waals surface area contributed by atoms with E-state index in [9.17, 15) is 4.79 Å².